The lowest BCUT2D eigenvalue weighted by Crippen LogP contribution is -2.57. The maximum Gasteiger partial charge on any atom is 0.328 e. The van der Waals surface area contributed by atoms with Gasteiger partial charge in [0.2, 0.25) is 17.7 Å². The Kier molecular flexibility index (Phi) is 11.4. The Morgan fingerprint density at radius 2 is 1.61 bits per heavy atom. The second kappa shape index (κ2) is 12.6. The highest BCUT2D eigenvalue weighted by atomic mass is 16.5. The summed E-state index contributed by atoms with van der Waals surface area (Å²) >= 11 is 0. The Bertz CT molecular complexity index is 582. The number of hydrogen-bond acceptors (Lipinski definition) is 8. The average Bonchev–Trinajstić information content (AvgIpc) is 2.62. The number of hydrogen-bond donors (Lipinski definition) is 6. The van der Waals surface area contributed by atoms with E-state index < -0.39 is 54.2 Å². The molecule has 0 saturated heterocycles. The minimum atomic E-state index is -1.39. The van der Waals surface area contributed by atoms with Crippen molar-refractivity contribution >= 4 is 29.7 Å². The first-order chi connectivity index (χ1) is 13.0. The van der Waals surface area contributed by atoms with Gasteiger partial charge >= 0.3 is 11.9 Å². The van der Waals surface area contributed by atoms with Gasteiger partial charge < -0.3 is 31.5 Å². The van der Waals surface area contributed by atoms with Crippen molar-refractivity contribution in [3.8, 4) is 0 Å². The topological polar surface area (TPSA) is 189 Å². The summed E-state index contributed by atoms with van der Waals surface area (Å²) in [5, 5.41) is 18.6. The number of nitrogens with one attached hydrogen (secondary N) is 4. The molecule has 0 aromatic carbocycles. The summed E-state index contributed by atoms with van der Waals surface area (Å²) in [7, 11) is 1.06. The molecular formula is C16H29N5O7. The number of methoxy groups -OCH3 is 1. The number of carboxylic acid groups (broad SMARTS) is 1. The maximum absolute atomic E-state index is 12.4. The number of amides is 3. The molecular weight excluding hydrogens is 374 g/mol. The van der Waals surface area contributed by atoms with Crippen LogP contribution in [0.15, 0.2) is 0 Å². The Labute approximate surface area is 162 Å². The molecule has 12 nitrogen and oxygen atoms in total. The Morgan fingerprint density at radius 3 is 2.07 bits per heavy atom. The zero-order valence-electron chi connectivity index (χ0n) is 16.4. The van der Waals surface area contributed by atoms with Gasteiger partial charge in [-0.25, -0.2) is 4.79 Å². The number of rotatable bonds is 12. The summed E-state index contributed by atoms with van der Waals surface area (Å²) in [4.78, 5) is 58.8. The SMILES string of the molecule is COC(=O)[C@H](CC(=O)O)NC(=O)[C@H](C)NC(=O)[C@@H](NC(=O)CNCN)C(C)C. The lowest BCUT2D eigenvalue weighted by Gasteiger charge is -2.24. The van der Waals surface area contributed by atoms with E-state index in [1.54, 1.807) is 13.8 Å². The van der Waals surface area contributed by atoms with Crippen LogP contribution in [0.2, 0.25) is 0 Å². The smallest absolute Gasteiger partial charge is 0.328 e. The minimum absolute atomic E-state index is 0.0704. The Hall–Kier alpha value is -2.73. The van der Waals surface area contributed by atoms with E-state index in [1.807, 2.05) is 0 Å². The second-order valence-electron chi connectivity index (χ2n) is 6.33. The van der Waals surface area contributed by atoms with Crippen molar-refractivity contribution in [2.75, 3.05) is 20.3 Å². The molecule has 0 fully saturated rings. The van der Waals surface area contributed by atoms with Gasteiger partial charge in [0.15, 0.2) is 0 Å². The molecule has 0 aromatic heterocycles. The quantitative estimate of drug-likeness (QED) is 0.148. The highest BCUT2D eigenvalue weighted by molar-refractivity contribution is 5.94. The summed E-state index contributed by atoms with van der Waals surface area (Å²) in [6.07, 6.45) is -0.669. The number of nitrogens with two attached hydrogens (primary N) is 1. The van der Waals surface area contributed by atoms with E-state index in [0.717, 1.165) is 7.11 Å². The second-order valence-corrected chi connectivity index (χ2v) is 6.33. The zero-order chi connectivity index (χ0) is 21.9. The van der Waals surface area contributed by atoms with E-state index in [1.165, 1.54) is 6.92 Å². The van der Waals surface area contributed by atoms with Crippen molar-refractivity contribution in [2.24, 2.45) is 11.7 Å². The van der Waals surface area contributed by atoms with E-state index in [4.69, 9.17) is 10.8 Å². The predicted molar refractivity (Wildman–Crippen MR) is 97.6 cm³/mol. The number of carbonyl (C=O) groups is 5. The molecule has 28 heavy (non-hydrogen) atoms. The molecule has 0 aliphatic carbocycles. The number of ether oxygens (including phenoxy) is 1. The van der Waals surface area contributed by atoms with Crippen LogP contribution in [0, 0.1) is 5.92 Å². The standard InChI is InChI=1S/C16H29N5O7/c1-8(2)13(21-11(22)6-18-7-17)15(26)19-9(3)14(25)20-10(5-12(23)24)16(27)28-4/h8-10,13,18H,5-7,17H2,1-4H3,(H,19,26)(H,20,25)(H,21,22)(H,23,24)/t9-,10-,13-/m0/s1. The van der Waals surface area contributed by atoms with Gasteiger partial charge in [0.05, 0.1) is 20.1 Å². The highest BCUT2D eigenvalue weighted by Crippen LogP contribution is 2.03. The molecule has 160 valence electrons. The van der Waals surface area contributed by atoms with Gasteiger partial charge in [-0.05, 0) is 12.8 Å². The maximum atomic E-state index is 12.4. The van der Waals surface area contributed by atoms with Crippen LogP contribution in [0.1, 0.15) is 27.2 Å². The first kappa shape index (κ1) is 25.3. The van der Waals surface area contributed by atoms with Crippen molar-refractivity contribution in [3.63, 3.8) is 0 Å². The Morgan fingerprint density at radius 1 is 1.00 bits per heavy atom. The fourth-order valence-corrected chi connectivity index (χ4v) is 2.12. The van der Waals surface area contributed by atoms with E-state index in [2.05, 4.69) is 26.0 Å². The third-order valence-electron chi connectivity index (χ3n) is 3.63. The summed E-state index contributed by atoms with van der Waals surface area (Å²) < 4.78 is 4.45. The minimum Gasteiger partial charge on any atom is -0.481 e. The predicted octanol–water partition coefficient (Wildman–Crippen LogP) is -2.73. The molecule has 0 heterocycles. The molecule has 0 unspecified atom stereocenters. The van der Waals surface area contributed by atoms with E-state index in [0.29, 0.717) is 0 Å². The summed E-state index contributed by atoms with van der Waals surface area (Å²) in [6, 6.07) is -3.39. The van der Waals surface area contributed by atoms with Gasteiger partial charge in [-0.1, -0.05) is 13.8 Å². The highest BCUT2D eigenvalue weighted by Gasteiger charge is 2.30. The molecule has 0 radical (unpaired) electrons. The molecule has 0 saturated carbocycles. The summed E-state index contributed by atoms with van der Waals surface area (Å²) in [5.74, 6) is -4.32. The van der Waals surface area contributed by atoms with Crippen LogP contribution in [0.3, 0.4) is 0 Å². The molecule has 0 bridgehead atoms. The third-order valence-corrected chi connectivity index (χ3v) is 3.63. The molecule has 0 aliphatic heterocycles. The van der Waals surface area contributed by atoms with Crippen LogP contribution in [0.4, 0.5) is 0 Å². The molecule has 7 N–H and O–H groups in total. The van der Waals surface area contributed by atoms with Crippen molar-refractivity contribution in [1.82, 2.24) is 21.3 Å². The van der Waals surface area contributed by atoms with Gasteiger partial charge in [-0.2, -0.15) is 0 Å². The average molecular weight is 403 g/mol. The van der Waals surface area contributed by atoms with Gasteiger partial charge in [0, 0.05) is 6.67 Å². The van der Waals surface area contributed by atoms with Crippen LogP contribution in [0.25, 0.3) is 0 Å². The van der Waals surface area contributed by atoms with Crippen LogP contribution < -0.4 is 27.0 Å². The molecule has 3 atom stereocenters. The van der Waals surface area contributed by atoms with E-state index in [-0.39, 0.29) is 19.1 Å². The monoisotopic (exact) mass is 403 g/mol. The molecule has 0 rings (SSSR count). The van der Waals surface area contributed by atoms with Gasteiger partial charge in [0.1, 0.15) is 18.1 Å². The van der Waals surface area contributed by atoms with E-state index in [9.17, 15) is 24.0 Å². The number of aliphatic carboxylic acids is 1. The summed E-state index contributed by atoms with van der Waals surface area (Å²) in [5.41, 5.74) is 5.24. The lowest BCUT2D eigenvalue weighted by molar-refractivity contribution is -0.149. The first-order valence-electron chi connectivity index (χ1n) is 8.63. The normalized spacial score (nSPS) is 13.8. The van der Waals surface area contributed by atoms with Crippen LogP contribution in [-0.2, 0) is 28.7 Å². The zero-order valence-corrected chi connectivity index (χ0v) is 16.4. The number of carbonyl (C=O) groups excluding carboxylic acids is 4. The molecule has 0 spiro atoms. The summed E-state index contributed by atoms with van der Waals surface area (Å²) in [6.45, 7) is 4.81. The Balaban J connectivity index is 4.93. The van der Waals surface area contributed by atoms with Crippen LogP contribution >= 0.6 is 0 Å². The van der Waals surface area contributed by atoms with Gasteiger partial charge in [-0.15, -0.1) is 0 Å². The number of carboxylic acids is 1. The largest absolute Gasteiger partial charge is 0.481 e. The molecule has 0 aliphatic rings. The van der Waals surface area contributed by atoms with Crippen molar-refractivity contribution in [1.29, 1.82) is 0 Å². The number of esters is 1. The van der Waals surface area contributed by atoms with Crippen molar-refractivity contribution < 1.29 is 33.8 Å². The fourth-order valence-electron chi connectivity index (χ4n) is 2.12. The molecule has 3 amide bonds. The van der Waals surface area contributed by atoms with Crippen molar-refractivity contribution in [3.05, 3.63) is 0 Å². The first-order valence-corrected chi connectivity index (χ1v) is 8.63. The van der Waals surface area contributed by atoms with E-state index >= 15 is 0 Å². The van der Waals surface area contributed by atoms with Gasteiger partial charge in [0.25, 0.3) is 0 Å². The van der Waals surface area contributed by atoms with Gasteiger partial charge in [-0.3, -0.25) is 24.5 Å². The van der Waals surface area contributed by atoms with Crippen molar-refractivity contribution in [2.45, 2.75) is 45.3 Å². The fraction of sp³-hybridized carbons (Fsp3) is 0.688. The lowest BCUT2D eigenvalue weighted by atomic mass is 10.0. The van der Waals surface area contributed by atoms with Crippen LogP contribution in [-0.4, -0.2) is 73.2 Å². The molecule has 0 aromatic rings. The molecule has 12 heteroatoms. The third kappa shape index (κ3) is 9.28. The van der Waals surface area contributed by atoms with Crippen LogP contribution in [0.5, 0.6) is 0 Å².